The van der Waals surface area contributed by atoms with Crippen LogP contribution in [0.15, 0.2) is 36.4 Å². The van der Waals surface area contributed by atoms with Crippen molar-refractivity contribution in [3.63, 3.8) is 0 Å². The van der Waals surface area contributed by atoms with Crippen molar-refractivity contribution in [2.75, 3.05) is 13.3 Å². The van der Waals surface area contributed by atoms with E-state index in [-0.39, 0.29) is 6.04 Å². The number of hydrogen-bond donors (Lipinski definition) is 1. The summed E-state index contributed by atoms with van der Waals surface area (Å²) in [6.07, 6.45) is 1.07. The highest BCUT2D eigenvalue weighted by Crippen LogP contribution is 2.37. The zero-order valence-corrected chi connectivity index (χ0v) is 10.5. The van der Waals surface area contributed by atoms with E-state index in [1.54, 1.807) is 0 Å². The zero-order valence-electron chi connectivity index (χ0n) is 10.5. The van der Waals surface area contributed by atoms with Gasteiger partial charge < -0.3 is 14.8 Å². The van der Waals surface area contributed by atoms with Gasteiger partial charge in [0.2, 0.25) is 6.79 Å². The van der Waals surface area contributed by atoms with Crippen LogP contribution in [0.4, 0.5) is 0 Å². The van der Waals surface area contributed by atoms with Crippen molar-refractivity contribution >= 4 is 0 Å². The minimum absolute atomic E-state index is 0.218. The molecule has 0 amide bonds. The standard InChI is InChI=1S/C16H14NO2/c1-2-4-13-11(3-1)7-8-17-16(13)12-5-6-14-15(9-12)19-10-18-14/h1,3-6,9,16-17H,7-8,10H2. The summed E-state index contributed by atoms with van der Waals surface area (Å²) in [7, 11) is 0. The summed E-state index contributed by atoms with van der Waals surface area (Å²) >= 11 is 0. The Kier molecular flexibility index (Phi) is 2.45. The van der Waals surface area contributed by atoms with Crippen LogP contribution < -0.4 is 14.8 Å². The monoisotopic (exact) mass is 252 g/mol. The molecule has 2 aliphatic rings. The normalized spacial score (nSPS) is 20.1. The topological polar surface area (TPSA) is 30.5 Å². The first-order valence-corrected chi connectivity index (χ1v) is 6.53. The molecule has 2 aliphatic heterocycles. The minimum atomic E-state index is 0.218. The maximum absolute atomic E-state index is 5.46. The molecule has 2 heterocycles. The number of benzene rings is 2. The van der Waals surface area contributed by atoms with Gasteiger partial charge in [-0.1, -0.05) is 18.2 Å². The van der Waals surface area contributed by atoms with Gasteiger partial charge in [0.05, 0.1) is 6.04 Å². The molecule has 3 nitrogen and oxygen atoms in total. The Labute approximate surface area is 112 Å². The molecule has 1 unspecified atom stereocenters. The summed E-state index contributed by atoms with van der Waals surface area (Å²) in [5.74, 6) is 1.67. The van der Waals surface area contributed by atoms with Crippen LogP contribution in [0.25, 0.3) is 0 Å². The van der Waals surface area contributed by atoms with Gasteiger partial charge in [0.15, 0.2) is 11.5 Å². The van der Waals surface area contributed by atoms with E-state index in [0.717, 1.165) is 24.5 Å². The highest BCUT2D eigenvalue weighted by atomic mass is 16.7. The van der Waals surface area contributed by atoms with Gasteiger partial charge in [0.25, 0.3) is 0 Å². The fourth-order valence-electron chi connectivity index (χ4n) is 2.82. The predicted molar refractivity (Wildman–Crippen MR) is 71.4 cm³/mol. The van der Waals surface area contributed by atoms with Crippen molar-refractivity contribution in [3.05, 3.63) is 59.2 Å². The highest BCUT2D eigenvalue weighted by Gasteiger charge is 2.23. The molecule has 2 aromatic rings. The third-order valence-corrected chi connectivity index (χ3v) is 3.77. The Morgan fingerprint density at radius 3 is 3.11 bits per heavy atom. The van der Waals surface area contributed by atoms with E-state index in [0.29, 0.717) is 6.79 Å². The molecule has 0 aliphatic carbocycles. The molecule has 0 fully saturated rings. The first kappa shape index (κ1) is 10.9. The van der Waals surface area contributed by atoms with Crippen molar-refractivity contribution in [3.8, 4) is 11.5 Å². The lowest BCUT2D eigenvalue weighted by Crippen LogP contribution is -2.30. The molecule has 3 heteroatoms. The number of ether oxygens (including phenoxy) is 2. The van der Waals surface area contributed by atoms with E-state index in [1.165, 1.54) is 16.7 Å². The van der Waals surface area contributed by atoms with Crippen LogP contribution in [-0.4, -0.2) is 13.3 Å². The Morgan fingerprint density at radius 2 is 2.11 bits per heavy atom. The van der Waals surface area contributed by atoms with Crippen LogP contribution in [0.1, 0.15) is 22.7 Å². The van der Waals surface area contributed by atoms with Gasteiger partial charge in [-0.2, -0.15) is 0 Å². The average molecular weight is 252 g/mol. The second kappa shape index (κ2) is 4.28. The molecule has 2 aromatic carbocycles. The average Bonchev–Trinajstić information content (AvgIpc) is 2.94. The van der Waals surface area contributed by atoms with Crippen molar-refractivity contribution in [2.24, 2.45) is 0 Å². The smallest absolute Gasteiger partial charge is 0.231 e. The molecule has 4 rings (SSSR count). The predicted octanol–water partition coefficient (Wildman–Crippen LogP) is 2.45. The maximum Gasteiger partial charge on any atom is 0.231 e. The van der Waals surface area contributed by atoms with Gasteiger partial charge in [-0.3, -0.25) is 0 Å². The molecule has 95 valence electrons. The number of fused-ring (bicyclic) bond motifs is 2. The van der Waals surface area contributed by atoms with Gasteiger partial charge >= 0.3 is 0 Å². The summed E-state index contributed by atoms with van der Waals surface area (Å²) in [4.78, 5) is 0. The lowest BCUT2D eigenvalue weighted by molar-refractivity contribution is 0.174. The van der Waals surface area contributed by atoms with E-state index in [1.807, 2.05) is 12.1 Å². The second-order valence-electron chi connectivity index (χ2n) is 4.87. The maximum atomic E-state index is 5.46. The Bertz CT molecular complexity index is 624. The van der Waals surface area contributed by atoms with Crippen LogP contribution in [0.3, 0.4) is 0 Å². The van der Waals surface area contributed by atoms with Crippen LogP contribution in [-0.2, 0) is 6.42 Å². The van der Waals surface area contributed by atoms with Crippen LogP contribution in [0.2, 0.25) is 0 Å². The minimum Gasteiger partial charge on any atom is -0.454 e. The molecule has 0 aromatic heterocycles. The van der Waals surface area contributed by atoms with Crippen molar-refractivity contribution < 1.29 is 9.47 Å². The van der Waals surface area contributed by atoms with E-state index >= 15 is 0 Å². The first-order valence-electron chi connectivity index (χ1n) is 6.53. The quantitative estimate of drug-likeness (QED) is 0.845. The van der Waals surface area contributed by atoms with Gasteiger partial charge in [-0.05, 0) is 47.4 Å². The van der Waals surface area contributed by atoms with Gasteiger partial charge in [0, 0.05) is 6.54 Å². The third-order valence-electron chi connectivity index (χ3n) is 3.77. The molecule has 0 saturated heterocycles. The van der Waals surface area contributed by atoms with Crippen molar-refractivity contribution in [1.82, 2.24) is 5.32 Å². The highest BCUT2D eigenvalue weighted by molar-refractivity contribution is 5.48. The number of nitrogens with one attached hydrogen (secondary N) is 1. The lowest BCUT2D eigenvalue weighted by Gasteiger charge is -2.27. The largest absolute Gasteiger partial charge is 0.454 e. The molecular weight excluding hydrogens is 238 g/mol. The lowest BCUT2D eigenvalue weighted by atomic mass is 9.90. The number of hydrogen-bond acceptors (Lipinski definition) is 3. The molecule has 1 radical (unpaired) electrons. The summed E-state index contributed by atoms with van der Waals surface area (Å²) < 4.78 is 10.8. The second-order valence-corrected chi connectivity index (χ2v) is 4.87. The number of rotatable bonds is 1. The fraction of sp³-hybridized carbons (Fsp3) is 0.250. The molecule has 0 spiro atoms. The van der Waals surface area contributed by atoms with E-state index < -0.39 is 0 Å². The molecular formula is C16H14NO2. The van der Waals surface area contributed by atoms with Crippen LogP contribution >= 0.6 is 0 Å². The van der Waals surface area contributed by atoms with E-state index in [2.05, 4.69) is 35.6 Å². The van der Waals surface area contributed by atoms with Gasteiger partial charge in [-0.15, -0.1) is 0 Å². The summed E-state index contributed by atoms with van der Waals surface area (Å²) in [6.45, 7) is 1.32. The summed E-state index contributed by atoms with van der Waals surface area (Å²) in [5, 5.41) is 3.57. The fourth-order valence-corrected chi connectivity index (χ4v) is 2.82. The van der Waals surface area contributed by atoms with Crippen molar-refractivity contribution in [1.29, 1.82) is 0 Å². The van der Waals surface area contributed by atoms with Crippen molar-refractivity contribution in [2.45, 2.75) is 12.5 Å². The van der Waals surface area contributed by atoms with Crippen LogP contribution in [0, 0.1) is 6.07 Å². The first-order chi connectivity index (χ1) is 9.42. The molecule has 1 N–H and O–H groups in total. The van der Waals surface area contributed by atoms with Gasteiger partial charge in [-0.25, -0.2) is 0 Å². The molecule has 1 atom stereocenters. The van der Waals surface area contributed by atoms with E-state index in [9.17, 15) is 0 Å². The Balaban J connectivity index is 1.77. The SMILES string of the molecule is [c]1ccc2c(c1)C(c1ccc3c(c1)OCO3)NCC2. The molecule has 0 saturated carbocycles. The summed E-state index contributed by atoms with van der Waals surface area (Å²) in [6, 6.07) is 15.8. The third kappa shape index (κ3) is 1.78. The van der Waals surface area contributed by atoms with Crippen LogP contribution in [0.5, 0.6) is 11.5 Å². The van der Waals surface area contributed by atoms with Gasteiger partial charge in [0.1, 0.15) is 0 Å². The summed E-state index contributed by atoms with van der Waals surface area (Å²) in [5.41, 5.74) is 3.93. The molecule has 19 heavy (non-hydrogen) atoms. The molecule has 0 bridgehead atoms. The zero-order chi connectivity index (χ0) is 12.7. The Hall–Kier alpha value is -2.00. The van der Waals surface area contributed by atoms with E-state index in [4.69, 9.17) is 9.47 Å². The Morgan fingerprint density at radius 1 is 1.16 bits per heavy atom.